The fraction of sp³-hybridized carbons (Fsp3) is 0.0526. The number of ether oxygens (including phenoxy) is 1. The van der Waals surface area contributed by atoms with Crippen LogP contribution >= 0.6 is 0 Å². The van der Waals surface area contributed by atoms with Crippen LogP contribution < -0.4 is 4.74 Å². The molecule has 0 aliphatic carbocycles. The summed E-state index contributed by atoms with van der Waals surface area (Å²) >= 11 is 0. The predicted octanol–water partition coefficient (Wildman–Crippen LogP) is 4.00. The Morgan fingerprint density at radius 2 is 1.70 bits per heavy atom. The fourth-order valence-electron chi connectivity index (χ4n) is 2.45. The zero-order valence-corrected chi connectivity index (χ0v) is 12.5. The third-order valence-corrected chi connectivity index (χ3v) is 3.56. The van der Waals surface area contributed by atoms with Crippen molar-refractivity contribution in [3.05, 3.63) is 66.2 Å². The Morgan fingerprint density at radius 3 is 2.35 bits per heavy atom. The van der Waals surface area contributed by atoms with Crippen LogP contribution in [-0.2, 0) is 0 Å². The Labute approximate surface area is 134 Å². The van der Waals surface area contributed by atoms with Gasteiger partial charge in [-0.2, -0.15) is 5.26 Å². The highest BCUT2D eigenvalue weighted by Crippen LogP contribution is 2.37. The summed E-state index contributed by atoms with van der Waals surface area (Å²) < 4.78 is 5.29. The maximum Gasteiger partial charge on any atom is 0.232 e. The first kappa shape index (κ1) is 14.6. The van der Waals surface area contributed by atoms with Gasteiger partial charge < -0.3 is 9.84 Å². The summed E-state index contributed by atoms with van der Waals surface area (Å²) in [6, 6.07) is 20.4. The normalized spacial score (nSPS) is 10.1. The van der Waals surface area contributed by atoms with Crippen molar-refractivity contribution in [1.29, 1.82) is 5.26 Å². The number of phenolic OH excluding ortho intramolecular Hbond substituents is 1. The molecule has 4 heteroatoms. The Kier molecular flexibility index (Phi) is 3.94. The lowest BCUT2D eigenvalue weighted by molar-refractivity contribution is 0.397. The first-order valence-electron chi connectivity index (χ1n) is 7.07. The zero-order chi connectivity index (χ0) is 16.2. The molecule has 0 fully saturated rings. The van der Waals surface area contributed by atoms with Crippen LogP contribution in [0.1, 0.15) is 5.56 Å². The van der Waals surface area contributed by atoms with Gasteiger partial charge in [0.2, 0.25) is 5.88 Å². The van der Waals surface area contributed by atoms with Gasteiger partial charge >= 0.3 is 0 Å². The predicted molar refractivity (Wildman–Crippen MR) is 88.0 cm³/mol. The van der Waals surface area contributed by atoms with Crippen LogP contribution in [0.15, 0.2) is 60.7 Å². The van der Waals surface area contributed by atoms with Crippen molar-refractivity contribution in [3.8, 4) is 40.1 Å². The molecule has 0 saturated heterocycles. The second-order valence-electron chi connectivity index (χ2n) is 4.93. The van der Waals surface area contributed by atoms with Crippen molar-refractivity contribution >= 4 is 0 Å². The molecule has 0 unspecified atom stereocenters. The minimum Gasteiger partial charge on any atom is -0.507 e. The number of pyridine rings is 1. The number of aromatic nitrogens is 1. The molecule has 2 aromatic carbocycles. The largest absolute Gasteiger partial charge is 0.507 e. The van der Waals surface area contributed by atoms with Gasteiger partial charge in [0.1, 0.15) is 17.4 Å². The first-order chi connectivity index (χ1) is 11.2. The van der Waals surface area contributed by atoms with Crippen molar-refractivity contribution in [2.24, 2.45) is 0 Å². The topological polar surface area (TPSA) is 66.1 Å². The molecule has 0 atom stereocenters. The minimum absolute atomic E-state index is 0.108. The standard InChI is InChI=1S/C19H14N2O2/c1-23-19-16(12-20)15(14-9-5-6-10-18(14)22)11-17(21-19)13-7-3-2-4-8-13/h2-11,22H,1H3. The summed E-state index contributed by atoms with van der Waals surface area (Å²) in [5.74, 6) is 0.350. The van der Waals surface area contributed by atoms with Crippen LogP contribution in [0.4, 0.5) is 0 Å². The van der Waals surface area contributed by atoms with Crippen LogP contribution in [0.25, 0.3) is 22.4 Å². The van der Waals surface area contributed by atoms with E-state index < -0.39 is 0 Å². The molecule has 0 aliphatic heterocycles. The molecule has 1 aromatic heterocycles. The molecule has 3 aromatic rings. The summed E-state index contributed by atoms with van der Waals surface area (Å²) in [5, 5.41) is 19.6. The van der Waals surface area contributed by atoms with Gasteiger partial charge in [-0.05, 0) is 12.1 Å². The number of nitriles is 1. The number of benzene rings is 2. The maximum absolute atomic E-state index is 10.1. The number of nitrogens with zero attached hydrogens (tertiary/aromatic N) is 2. The number of rotatable bonds is 3. The van der Waals surface area contributed by atoms with E-state index in [1.54, 1.807) is 24.3 Å². The third kappa shape index (κ3) is 2.72. The molecule has 1 heterocycles. The van der Waals surface area contributed by atoms with Crippen molar-refractivity contribution < 1.29 is 9.84 Å². The molecule has 0 aliphatic rings. The van der Waals surface area contributed by atoms with Crippen molar-refractivity contribution in [2.45, 2.75) is 0 Å². The monoisotopic (exact) mass is 302 g/mol. The molecule has 0 saturated carbocycles. The van der Waals surface area contributed by atoms with Crippen molar-refractivity contribution in [1.82, 2.24) is 4.98 Å². The fourth-order valence-corrected chi connectivity index (χ4v) is 2.45. The van der Waals surface area contributed by atoms with E-state index in [1.807, 2.05) is 36.4 Å². The lowest BCUT2D eigenvalue weighted by Gasteiger charge is -2.12. The Balaban J connectivity index is 2.30. The molecule has 0 radical (unpaired) electrons. The molecule has 0 spiro atoms. The van der Waals surface area contributed by atoms with Gasteiger partial charge in [-0.1, -0.05) is 48.5 Å². The summed E-state index contributed by atoms with van der Waals surface area (Å²) in [6.45, 7) is 0. The third-order valence-electron chi connectivity index (χ3n) is 3.56. The van der Waals surface area contributed by atoms with E-state index in [9.17, 15) is 10.4 Å². The average Bonchev–Trinajstić information content (AvgIpc) is 2.61. The number of hydrogen-bond donors (Lipinski definition) is 1. The molecular formula is C19H14N2O2. The second-order valence-corrected chi connectivity index (χ2v) is 4.93. The molecule has 112 valence electrons. The van der Waals surface area contributed by atoms with E-state index in [1.165, 1.54) is 7.11 Å². The van der Waals surface area contributed by atoms with E-state index in [2.05, 4.69) is 11.1 Å². The van der Waals surface area contributed by atoms with Gasteiger partial charge in [-0.25, -0.2) is 4.98 Å². The summed E-state index contributed by atoms with van der Waals surface area (Å²) in [7, 11) is 1.48. The lowest BCUT2D eigenvalue weighted by Crippen LogP contribution is -1.97. The van der Waals surface area contributed by atoms with Gasteiger partial charge in [0.25, 0.3) is 0 Å². The highest BCUT2D eigenvalue weighted by Gasteiger charge is 2.17. The zero-order valence-electron chi connectivity index (χ0n) is 12.5. The number of hydrogen-bond acceptors (Lipinski definition) is 4. The molecular weight excluding hydrogens is 288 g/mol. The summed E-state index contributed by atoms with van der Waals surface area (Å²) in [5.41, 5.74) is 3.05. The molecule has 23 heavy (non-hydrogen) atoms. The number of phenols is 1. The second kappa shape index (κ2) is 6.20. The van der Waals surface area contributed by atoms with Crippen LogP contribution in [0.5, 0.6) is 11.6 Å². The molecule has 3 rings (SSSR count). The SMILES string of the molecule is COc1nc(-c2ccccc2)cc(-c2ccccc2O)c1C#N. The van der Waals surface area contributed by atoms with Crippen LogP contribution in [0.3, 0.4) is 0 Å². The maximum atomic E-state index is 10.1. The Morgan fingerprint density at radius 1 is 1.00 bits per heavy atom. The van der Waals surface area contributed by atoms with Crippen LogP contribution in [0.2, 0.25) is 0 Å². The minimum atomic E-state index is 0.108. The van der Waals surface area contributed by atoms with Crippen LogP contribution in [-0.4, -0.2) is 17.2 Å². The smallest absolute Gasteiger partial charge is 0.232 e. The molecule has 0 amide bonds. The van der Waals surface area contributed by atoms with Crippen LogP contribution in [0, 0.1) is 11.3 Å². The van der Waals surface area contributed by atoms with Gasteiger partial charge in [0.15, 0.2) is 0 Å². The van der Waals surface area contributed by atoms with Crippen molar-refractivity contribution in [2.75, 3.05) is 7.11 Å². The van der Waals surface area contributed by atoms with Crippen molar-refractivity contribution in [3.63, 3.8) is 0 Å². The van der Waals surface area contributed by atoms with Gasteiger partial charge in [-0.3, -0.25) is 0 Å². The highest BCUT2D eigenvalue weighted by molar-refractivity contribution is 5.80. The Bertz CT molecular complexity index is 884. The quantitative estimate of drug-likeness (QED) is 0.794. The van der Waals surface area contributed by atoms with E-state index in [-0.39, 0.29) is 11.6 Å². The highest BCUT2D eigenvalue weighted by atomic mass is 16.5. The van der Waals surface area contributed by atoms with Gasteiger partial charge in [0.05, 0.1) is 12.8 Å². The lowest BCUT2D eigenvalue weighted by atomic mass is 9.98. The van der Waals surface area contributed by atoms with E-state index in [4.69, 9.17) is 4.74 Å². The average molecular weight is 302 g/mol. The molecule has 4 nitrogen and oxygen atoms in total. The van der Waals surface area contributed by atoms with E-state index in [0.29, 0.717) is 22.4 Å². The number of methoxy groups -OCH3 is 1. The van der Waals surface area contributed by atoms with Gasteiger partial charge in [0, 0.05) is 16.7 Å². The Hall–Kier alpha value is -3.32. The van der Waals surface area contributed by atoms with Gasteiger partial charge in [-0.15, -0.1) is 0 Å². The summed E-state index contributed by atoms with van der Waals surface area (Å²) in [4.78, 5) is 4.42. The van der Waals surface area contributed by atoms with E-state index in [0.717, 1.165) is 5.56 Å². The number of aromatic hydroxyl groups is 1. The van der Waals surface area contributed by atoms with E-state index >= 15 is 0 Å². The first-order valence-corrected chi connectivity index (χ1v) is 7.07. The molecule has 0 bridgehead atoms. The summed E-state index contributed by atoms with van der Waals surface area (Å²) in [6.07, 6.45) is 0. The molecule has 1 N–H and O–H groups in total. The number of para-hydroxylation sites is 1.